The summed E-state index contributed by atoms with van der Waals surface area (Å²) in [5.74, 6) is 0.848. The maximum atomic E-state index is 12.4. The van der Waals surface area contributed by atoms with Crippen LogP contribution in [-0.2, 0) is 20.7 Å². The van der Waals surface area contributed by atoms with Gasteiger partial charge in [-0.15, -0.1) is 11.3 Å². The van der Waals surface area contributed by atoms with Gasteiger partial charge in [0.25, 0.3) is 0 Å². The van der Waals surface area contributed by atoms with E-state index in [0.29, 0.717) is 23.4 Å². The molecule has 1 aliphatic heterocycles. The van der Waals surface area contributed by atoms with E-state index in [1.54, 1.807) is 11.3 Å². The monoisotopic (exact) mass is 404 g/mol. The molecule has 5 nitrogen and oxygen atoms in total. The first-order valence-electron chi connectivity index (χ1n) is 10.5. The molecule has 154 valence electrons. The number of rotatable bonds is 2. The Labute approximate surface area is 171 Å². The van der Waals surface area contributed by atoms with Gasteiger partial charge >= 0.3 is 5.97 Å². The predicted octanol–water partition coefficient (Wildman–Crippen LogP) is 4.77. The van der Waals surface area contributed by atoms with Crippen molar-refractivity contribution in [2.24, 2.45) is 28.6 Å². The second-order valence-electron chi connectivity index (χ2n) is 10.7. The Hall–Kier alpha value is -1.43. The molecule has 6 heteroatoms. The van der Waals surface area contributed by atoms with Crippen molar-refractivity contribution in [3.05, 3.63) is 10.6 Å². The van der Waals surface area contributed by atoms with Crippen LogP contribution in [0, 0.1) is 28.6 Å². The molecule has 0 bridgehead atoms. The van der Waals surface area contributed by atoms with Crippen LogP contribution in [0.1, 0.15) is 77.3 Å². The zero-order valence-electron chi connectivity index (χ0n) is 17.8. The maximum absolute atomic E-state index is 12.4. The van der Waals surface area contributed by atoms with Crippen LogP contribution in [0.4, 0.5) is 5.13 Å². The fourth-order valence-corrected chi connectivity index (χ4v) is 7.06. The number of carbonyl (C=O) groups excluding carboxylic acids is 2. The van der Waals surface area contributed by atoms with Gasteiger partial charge in [-0.05, 0) is 30.1 Å². The predicted molar refractivity (Wildman–Crippen MR) is 110 cm³/mol. The van der Waals surface area contributed by atoms with Gasteiger partial charge in [0.15, 0.2) is 5.13 Å². The lowest BCUT2D eigenvalue weighted by molar-refractivity contribution is -0.149. The number of ether oxygens (including phenoxy) is 1. The molecule has 0 spiro atoms. The topological polar surface area (TPSA) is 68.3 Å². The standard InChI is InChI=1S/C22H32N2O3S/c1-11-13-7-8-22(6)9-14-17(12(2)16(22)18(13)27-19(11)26)24-20(28-14)23-15(25)10-21(3,4)5/h11-13,16,18H,7-10H2,1-6H3,(H,23,24,25)/t11-,12-,13-,16+,18-,22-/m0/s1. The summed E-state index contributed by atoms with van der Waals surface area (Å²) < 4.78 is 5.89. The molecule has 6 atom stereocenters. The van der Waals surface area contributed by atoms with Crippen LogP contribution in [-0.4, -0.2) is 23.0 Å². The smallest absolute Gasteiger partial charge is 0.309 e. The Balaban J connectivity index is 1.60. The third-order valence-electron chi connectivity index (χ3n) is 7.09. The third-order valence-corrected chi connectivity index (χ3v) is 8.08. The highest BCUT2D eigenvalue weighted by molar-refractivity contribution is 7.15. The molecule has 0 unspecified atom stereocenters. The molecule has 1 saturated heterocycles. The third kappa shape index (κ3) is 3.27. The highest BCUT2D eigenvalue weighted by Gasteiger charge is 2.58. The van der Waals surface area contributed by atoms with Crippen molar-refractivity contribution in [2.45, 2.75) is 79.2 Å². The number of carbonyl (C=O) groups is 2. The van der Waals surface area contributed by atoms with E-state index in [1.807, 2.05) is 6.92 Å². The van der Waals surface area contributed by atoms with E-state index < -0.39 is 0 Å². The number of nitrogens with one attached hydrogen (secondary N) is 1. The molecule has 2 heterocycles. The molecule has 28 heavy (non-hydrogen) atoms. The van der Waals surface area contributed by atoms with Gasteiger partial charge in [0.1, 0.15) is 6.10 Å². The van der Waals surface area contributed by atoms with Crippen LogP contribution in [0.25, 0.3) is 0 Å². The summed E-state index contributed by atoms with van der Waals surface area (Å²) in [4.78, 5) is 30.7. The summed E-state index contributed by atoms with van der Waals surface area (Å²) in [5, 5.41) is 3.72. The number of hydrogen-bond donors (Lipinski definition) is 1. The Morgan fingerprint density at radius 3 is 2.71 bits per heavy atom. The van der Waals surface area contributed by atoms with E-state index in [1.165, 1.54) is 4.88 Å². The van der Waals surface area contributed by atoms with Crippen molar-refractivity contribution in [3.63, 3.8) is 0 Å². The molecule has 1 amide bonds. The van der Waals surface area contributed by atoms with Crippen molar-refractivity contribution in [3.8, 4) is 0 Å². The average Bonchev–Trinajstić information content (AvgIpc) is 3.06. The molecule has 1 aromatic heterocycles. The molecule has 4 rings (SSSR count). The van der Waals surface area contributed by atoms with Gasteiger partial charge < -0.3 is 10.1 Å². The van der Waals surface area contributed by atoms with Crippen molar-refractivity contribution in [1.82, 2.24) is 4.98 Å². The Morgan fingerprint density at radius 1 is 1.32 bits per heavy atom. The summed E-state index contributed by atoms with van der Waals surface area (Å²) in [6, 6.07) is 0. The Bertz CT molecular complexity index is 811. The maximum Gasteiger partial charge on any atom is 0.309 e. The van der Waals surface area contributed by atoms with Crippen LogP contribution < -0.4 is 5.32 Å². The fraction of sp³-hybridized carbons (Fsp3) is 0.773. The fourth-order valence-electron chi connectivity index (χ4n) is 5.78. The molecule has 2 fully saturated rings. The Kier molecular flexibility index (Phi) is 4.64. The van der Waals surface area contributed by atoms with E-state index in [4.69, 9.17) is 9.72 Å². The second-order valence-corrected chi connectivity index (χ2v) is 11.7. The van der Waals surface area contributed by atoms with Gasteiger partial charge in [0.05, 0.1) is 11.6 Å². The van der Waals surface area contributed by atoms with E-state index >= 15 is 0 Å². The van der Waals surface area contributed by atoms with E-state index in [2.05, 4.69) is 39.9 Å². The summed E-state index contributed by atoms with van der Waals surface area (Å²) in [7, 11) is 0. The molecule has 1 saturated carbocycles. The lowest BCUT2D eigenvalue weighted by Crippen LogP contribution is -2.50. The van der Waals surface area contributed by atoms with Crippen LogP contribution in [0.15, 0.2) is 0 Å². The lowest BCUT2D eigenvalue weighted by atomic mass is 9.54. The van der Waals surface area contributed by atoms with Crippen molar-refractivity contribution in [1.29, 1.82) is 0 Å². The van der Waals surface area contributed by atoms with Gasteiger partial charge in [-0.2, -0.15) is 0 Å². The number of fused-ring (bicyclic) bond motifs is 4. The minimum atomic E-state index is -0.0469. The summed E-state index contributed by atoms with van der Waals surface area (Å²) in [5.41, 5.74) is 1.17. The van der Waals surface area contributed by atoms with Gasteiger partial charge in [-0.3, -0.25) is 9.59 Å². The van der Waals surface area contributed by atoms with Gasteiger partial charge in [-0.25, -0.2) is 4.98 Å². The van der Waals surface area contributed by atoms with Crippen LogP contribution >= 0.6 is 11.3 Å². The largest absolute Gasteiger partial charge is 0.461 e. The van der Waals surface area contributed by atoms with E-state index in [0.717, 1.165) is 25.0 Å². The number of amides is 1. The van der Waals surface area contributed by atoms with Gasteiger partial charge in [0.2, 0.25) is 5.91 Å². The highest BCUT2D eigenvalue weighted by atomic mass is 32.1. The minimum Gasteiger partial charge on any atom is -0.461 e. The number of thiazole rings is 1. The first-order chi connectivity index (χ1) is 13.0. The molecule has 2 aliphatic carbocycles. The number of aromatic nitrogens is 1. The van der Waals surface area contributed by atoms with Crippen LogP contribution in [0.3, 0.4) is 0 Å². The van der Waals surface area contributed by atoms with Gasteiger partial charge in [-0.1, -0.05) is 41.5 Å². The zero-order valence-corrected chi connectivity index (χ0v) is 18.6. The van der Waals surface area contributed by atoms with Crippen LogP contribution in [0.2, 0.25) is 0 Å². The molecular weight excluding hydrogens is 372 g/mol. The molecular formula is C22H32N2O3S. The number of esters is 1. The van der Waals surface area contributed by atoms with E-state index in [9.17, 15) is 9.59 Å². The van der Waals surface area contributed by atoms with E-state index in [-0.39, 0.29) is 40.6 Å². The molecule has 0 radical (unpaired) electrons. The highest BCUT2D eigenvalue weighted by Crippen LogP contribution is 2.59. The summed E-state index contributed by atoms with van der Waals surface area (Å²) in [6.07, 6.45) is 3.61. The molecule has 1 aromatic rings. The van der Waals surface area contributed by atoms with Crippen molar-refractivity contribution >= 4 is 28.3 Å². The van der Waals surface area contributed by atoms with Crippen molar-refractivity contribution < 1.29 is 14.3 Å². The normalized spacial score (nSPS) is 36.9. The quantitative estimate of drug-likeness (QED) is 0.721. The Morgan fingerprint density at radius 2 is 2.04 bits per heavy atom. The molecule has 1 N–H and O–H groups in total. The first-order valence-corrected chi connectivity index (χ1v) is 11.3. The zero-order chi connectivity index (χ0) is 20.4. The number of nitrogens with zero attached hydrogens (tertiary/aromatic N) is 1. The van der Waals surface area contributed by atoms with Crippen molar-refractivity contribution in [2.75, 3.05) is 5.32 Å². The lowest BCUT2D eigenvalue weighted by Gasteiger charge is -2.51. The number of anilines is 1. The number of hydrogen-bond acceptors (Lipinski definition) is 5. The van der Waals surface area contributed by atoms with Crippen LogP contribution in [0.5, 0.6) is 0 Å². The van der Waals surface area contributed by atoms with Gasteiger partial charge in [0, 0.05) is 29.1 Å². The summed E-state index contributed by atoms with van der Waals surface area (Å²) >= 11 is 1.62. The minimum absolute atomic E-state index is 0.00466. The SMILES string of the molecule is C[C@@H]1C(=O)O[C@H]2[C@H]1CC[C@@]1(C)Cc3sc(NC(=O)CC(C)(C)C)nc3[C@@H](C)[C@H]21. The second kappa shape index (κ2) is 6.54. The summed E-state index contributed by atoms with van der Waals surface area (Å²) in [6.45, 7) is 12.8. The first kappa shape index (κ1) is 19.9. The molecule has 0 aromatic carbocycles. The average molecular weight is 405 g/mol. The molecule has 3 aliphatic rings.